The Hall–Kier alpha value is -2.69. The first-order chi connectivity index (χ1) is 12.5. The zero-order chi connectivity index (χ0) is 18.5. The fourth-order valence-electron chi connectivity index (χ4n) is 2.97. The van der Waals surface area contributed by atoms with Gasteiger partial charge in [-0.05, 0) is 42.2 Å². The van der Waals surface area contributed by atoms with Crippen LogP contribution < -0.4 is 19.5 Å². The third-order valence-corrected chi connectivity index (χ3v) is 4.36. The standard InChI is InChI=1S/C21H25NO4/c1-14(2)21(16-8-9-18-19(12-16)25-11-10-24-18)22-20(23)13-26-17-7-5-4-6-15(17)3/h4-9,12,14,21H,10-11,13H2,1-3H3,(H,22,23). The summed E-state index contributed by atoms with van der Waals surface area (Å²) < 4.78 is 16.9. The molecule has 1 atom stereocenters. The lowest BCUT2D eigenvalue weighted by Gasteiger charge is -2.25. The molecule has 0 spiro atoms. The smallest absolute Gasteiger partial charge is 0.258 e. The lowest BCUT2D eigenvalue weighted by molar-refractivity contribution is -0.124. The van der Waals surface area contributed by atoms with Crippen molar-refractivity contribution in [3.05, 3.63) is 53.6 Å². The molecule has 1 aliphatic heterocycles. The van der Waals surface area contributed by atoms with Gasteiger partial charge in [0.1, 0.15) is 19.0 Å². The number of hydrogen-bond acceptors (Lipinski definition) is 4. The predicted molar refractivity (Wildman–Crippen MR) is 99.8 cm³/mol. The zero-order valence-electron chi connectivity index (χ0n) is 15.5. The fourth-order valence-corrected chi connectivity index (χ4v) is 2.97. The van der Waals surface area contributed by atoms with Crippen LogP contribution in [0.3, 0.4) is 0 Å². The molecular formula is C21H25NO4. The van der Waals surface area contributed by atoms with Crippen LogP contribution in [0.1, 0.15) is 31.0 Å². The van der Waals surface area contributed by atoms with Gasteiger partial charge in [-0.25, -0.2) is 0 Å². The molecule has 0 radical (unpaired) electrons. The number of ether oxygens (including phenoxy) is 3. The van der Waals surface area contributed by atoms with Crippen molar-refractivity contribution >= 4 is 5.91 Å². The van der Waals surface area contributed by atoms with Gasteiger partial charge in [-0.2, -0.15) is 0 Å². The molecule has 1 amide bonds. The van der Waals surface area contributed by atoms with Gasteiger partial charge in [0.25, 0.3) is 5.91 Å². The molecule has 0 bridgehead atoms. The molecule has 1 heterocycles. The Bertz CT molecular complexity index is 772. The number of hydrogen-bond donors (Lipinski definition) is 1. The maximum absolute atomic E-state index is 12.4. The summed E-state index contributed by atoms with van der Waals surface area (Å²) in [7, 11) is 0. The second-order valence-corrected chi connectivity index (χ2v) is 6.75. The average Bonchev–Trinajstić information content (AvgIpc) is 2.65. The monoisotopic (exact) mass is 355 g/mol. The van der Waals surface area contributed by atoms with Crippen molar-refractivity contribution in [3.63, 3.8) is 0 Å². The van der Waals surface area contributed by atoms with Gasteiger partial charge >= 0.3 is 0 Å². The summed E-state index contributed by atoms with van der Waals surface area (Å²) in [4.78, 5) is 12.4. The van der Waals surface area contributed by atoms with Crippen LogP contribution in [0.5, 0.6) is 17.2 Å². The minimum atomic E-state index is -0.151. The van der Waals surface area contributed by atoms with E-state index in [1.807, 2.05) is 49.4 Å². The molecule has 0 aliphatic carbocycles. The van der Waals surface area contributed by atoms with E-state index < -0.39 is 0 Å². The topological polar surface area (TPSA) is 56.8 Å². The Morgan fingerprint density at radius 3 is 2.58 bits per heavy atom. The highest BCUT2D eigenvalue weighted by Crippen LogP contribution is 2.34. The zero-order valence-corrected chi connectivity index (χ0v) is 15.5. The first kappa shape index (κ1) is 18.1. The van der Waals surface area contributed by atoms with Crippen LogP contribution in [0.4, 0.5) is 0 Å². The maximum atomic E-state index is 12.4. The van der Waals surface area contributed by atoms with E-state index in [0.717, 1.165) is 28.4 Å². The Balaban J connectivity index is 1.66. The molecule has 0 fully saturated rings. The van der Waals surface area contributed by atoms with Crippen LogP contribution in [-0.4, -0.2) is 25.7 Å². The molecule has 1 N–H and O–H groups in total. The molecule has 5 heteroatoms. The number of nitrogens with one attached hydrogen (secondary N) is 1. The lowest BCUT2D eigenvalue weighted by atomic mass is 9.95. The summed E-state index contributed by atoms with van der Waals surface area (Å²) in [6.45, 7) is 7.19. The summed E-state index contributed by atoms with van der Waals surface area (Å²) in [5, 5.41) is 3.07. The number of rotatable bonds is 6. The van der Waals surface area contributed by atoms with Crippen LogP contribution in [0.15, 0.2) is 42.5 Å². The van der Waals surface area contributed by atoms with E-state index in [2.05, 4.69) is 19.2 Å². The van der Waals surface area contributed by atoms with Gasteiger partial charge in [0.2, 0.25) is 0 Å². The van der Waals surface area contributed by atoms with Crippen molar-refractivity contribution in [1.82, 2.24) is 5.32 Å². The Kier molecular flexibility index (Phi) is 5.66. The van der Waals surface area contributed by atoms with E-state index >= 15 is 0 Å². The van der Waals surface area contributed by atoms with E-state index in [1.54, 1.807) is 0 Å². The fraction of sp³-hybridized carbons (Fsp3) is 0.381. The van der Waals surface area contributed by atoms with Crippen molar-refractivity contribution < 1.29 is 19.0 Å². The van der Waals surface area contributed by atoms with E-state index in [9.17, 15) is 4.79 Å². The average molecular weight is 355 g/mol. The highest BCUT2D eigenvalue weighted by Gasteiger charge is 2.21. The van der Waals surface area contributed by atoms with Gasteiger partial charge in [0, 0.05) is 0 Å². The number of carbonyl (C=O) groups excluding carboxylic acids is 1. The normalized spacial score (nSPS) is 14.0. The van der Waals surface area contributed by atoms with Crippen LogP contribution in [0, 0.1) is 12.8 Å². The van der Waals surface area contributed by atoms with Gasteiger partial charge in [0.15, 0.2) is 18.1 Å². The first-order valence-electron chi connectivity index (χ1n) is 8.92. The minimum Gasteiger partial charge on any atom is -0.486 e. The van der Waals surface area contributed by atoms with Crippen molar-refractivity contribution in [3.8, 4) is 17.2 Å². The summed E-state index contributed by atoms with van der Waals surface area (Å²) in [6.07, 6.45) is 0. The Morgan fingerprint density at radius 1 is 1.12 bits per heavy atom. The number of benzene rings is 2. The third kappa shape index (κ3) is 4.28. The van der Waals surface area contributed by atoms with E-state index in [-0.39, 0.29) is 24.5 Å². The highest BCUT2D eigenvalue weighted by atomic mass is 16.6. The largest absolute Gasteiger partial charge is 0.486 e. The van der Waals surface area contributed by atoms with Gasteiger partial charge in [-0.3, -0.25) is 4.79 Å². The quantitative estimate of drug-likeness (QED) is 0.859. The third-order valence-electron chi connectivity index (χ3n) is 4.36. The molecule has 2 aromatic rings. The summed E-state index contributed by atoms with van der Waals surface area (Å²) in [6, 6.07) is 13.4. The van der Waals surface area contributed by atoms with E-state index in [0.29, 0.717) is 13.2 Å². The molecule has 0 saturated carbocycles. The number of carbonyl (C=O) groups is 1. The lowest BCUT2D eigenvalue weighted by Crippen LogP contribution is -2.35. The molecule has 1 aliphatic rings. The number of para-hydroxylation sites is 1. The van der Waals surface area contributed by atoms with E-state index in [4.69, 9.17) is 14.2 Å². The molecule has 0 saturated heterocycles. The molecule has 138 valence electrons. The molecular weight excluding hydrogens is 330 g/mol. The second-order valence-electron chi connectivity index (χ2n) is 6.75. The van der Waals surface area contributed by atoms with Crippen LogP contribution in [-0.2, 0) is 4.79 Å². The molecule has 5 nitrogen and oxygen atoms in total. The molecule has 3 rings (SSSR count). The van der Waals surface area contributed by atoms with Crippen molar-refractivity contribution in [1.29, 1.82) is 0 Å². The van der Waals surface area contributed by atoms with E-state index in [1.165, 1.54) is 0 Å². The second kappa shape index (κ2) is 8.13. The summed E-state index contributed by atoms with van der Waals surface area (Å²) in [5.74, 6) is 2.27. The number of fused-ring (bicyclic) bond motifs is 1. The molecule has 2 aromatic carbocycles. The number of amides is 1. The summed E-state index contributed by atoms with van der Waals surface area (Å²) in [5.41, 5.74) is 2.00. The Labute approximate surface area is 154 Å². The van der Waals surface area contributed by atoms with Crippen molar-refractivity contribution in [2.75, 3.05) is 19.8 Å². The van der Waals surface area contributed by atoms with Crippen LogP contribution in [0.25, 0.3) is 0 Å². The van der Waals surface area contributed by atoms with Gasteiger partial charge in [-0.15, -0.1) is 0 Å². The highest BCUT2D eigenvalue weighted by molar-refractivity contribution is 5.78. The first-order valence-corrected chi connectivity index (χ1v) is 8.92. The van der Waals surface area contributed by atoms with Crippen LogP contribution >= 0.6 is 0 Å². The summed E-state index contributed by atoms with van der Waals surface area (Å²) >= 11 is 0. The van der Waals surface area contributed by atoms with Gasteiger partial charge in [-0.1, -0.05) is 38.1 Å². The van der Waals surface area contributed by atoms with Crippen molar-refractivity contribution in [2.45, 2.75) is 26.8 Å². The molecule has 1 unspecified atom stereocenters. The van der Waals surface area contributed by atoms with Gasteiger partial charge in [0.05, 0.1) is 6.04 Å². The molecule has 26 heavy (non-hydrogen) atoms. The predicted octanol–water partition coefficient (Wildman–Crippen LogP) is 3.66. The number of aryl methyl sites for hydroxylation is 1. The minimum absolute atomic E-state index is 0.0153. The maximum Gasteiger partial charge on any atom is 0.258 e. The van der Waals surface area contributed by atoms with Crippen LogP contribution in [0.2, 0.25) is 0 Å². The SMILES string of the molecule is Cc1ccccc1OCC(=O)NC(c1ccc2c(c1)OCCO2)C(C)C. The Morgan fingerprint density at radius 2 is 1.85 bits per heavy atom. The van der Waals surface area contributed by atoms with Gasteiger partial charge < -0.3 is 19.5 Å². The van der Waals surface area contributed by atoms with Crippen molar-refractivity contribution in [2.24, 2.45) is 5.92 Å². The molecule has 0 aromatic heterocycles.